The molecule has 1 aromatic carbocycles. The molecule has 4 heterocycles. The molecule has 5 rings (SSSR count). The van der Waals surface area contributed by atoms with E-state index in [1.807, 2.05) is 18.7 Å². The van der Waals surface area contributed by atoms with Gasteiger partial charge in [-0.15, -0.1) is 0 Å². The van der Waals surface area contributed by atoms with E-state index < -0.39 is 11.6 Å². The van der Waals surface area contributed by atoms with Crippen molar-refractivity contribution in [2.45, 2.75) is 44.7 Å². The standard InChI is InChI=1S/C19H24F2N2O/c1-11(2)19(24)23-10-16(13-7-14(20)9-15(21)8-13)18-17(23)12-3-5-22(18)6-4-12/h7-9,11-12,16-18H,3-6,10H2,1-2H3/t16-,17+,18+/m1/s1. The van der Waals surface area contributed by atoms with Crippen LogP contribution >= 0.6 is 0 Å². The molecule has 5 heteroatoms. The Morgan fingerprint density at radius 3 is 2.29 bits per heavy atom. The molecule has 1 amide bonds. The molecule has 4 fully saturated rings. The summed E-state index contributed by atoms with van der Waals surface area (Å²) in [7, 11) is 0. The van der Waals surface area contributed by atoms with Crippen molar-refractivity contribution in [1.82, 2.24) is 9.80 Å². The van der Waals surface area contributed by atoms with Gasteiger partial charge in [0.1, 0.15) is 11.6 Å². The lowest BCUT2D eigenvalue weighted by atomic mass is 9.75. The second-order valence-corrected chi connectivity index (χ2v) is 7.81. The highest BCUT2D eigenvalue weighted by Gasteiger charge is 2.54. The Hall–Kier alpha value is -1.49. The monoisotopic (exact) mass is 334 g/mol. The summed E-state index contributed by atoms with van der Waals surface area (Å²) in [5.74, 6) is -0.448. The molecule has 0 N–H and O–H groups in total. The van der Waals surface area contributed by atoms with Crippen LogP contribution in [-0.4, -0.2) is 47.4 Å². The zero-order valence-corrected chi connectivity index (χ0v) is 14.2. The maximum atomic E-state index is 13.7. The summed E-state index contributed by atoms with van der Waals surface area (Å²) in [6, 6.07) is 4.19. The van der Waals surface area contributed by atoms with Gasteiger partial charge in [-0.25, -0.2) is 8.78 Å². The second kappa shape index (κ2) is 5.80. The molecule has 3 nitrogen and oxygen atoms in total. The van der Waals surface area contributed by atoms with Gasteiger partial charge in [0, 0.05) is 30.5 Å². The fraction of sp³-hybridized carbons (Fsp3) is 0.632. The van der Waals surface area contributed by atoms with E-state index in [9.17, 15) is 13.6 Å². The Kier molecular flexibility index (Phi) is 3.87. The van der Waals surface area contributed by atoms with Gasteiger partial charge < -0.3 is 4.90 Å². The Morgan fingerprint density at radius 2 is 1.71 bits per heavy atom. The number of carbonyl (C=O) groups is 1. The molecule has 130 valence electrons. The molecule has 1 aromatic rings. The molecule has 24 heavy (non-hydrogen) atoms. The third kappa shape index (κ3) is 2.44. The van der Waals surface area contributed by atoms with Crippen LogP contribution in [0.2, 0.25) is 0 Å². The van der Waals surface area contributed by atoms with Gasteiger partial charge in [-0.3, -0.25) is 9.69 Å². The number of fused-ring (bicyclic) bond motifs is 2. The molecule has 0 saturated carbocycles. The molecule has 0 radical (unpaired) electrons. The largest absolute Gasteiger partial charge is 0.337 e. The molecule has 4 aliphatic rings. The quantitative estimate of drug-likeness (QED) is 0.830. The number of halogens is 2. The zero-order chi connectivity index (χ0) is 17.0. The summed E-state index contributed by atoms with van der Waals surface area (Å²) in [5, 5.41) is 0. The van der Waals surface area contributed by atoms with E-state index >= 15 is 0 Å². The van der Waals surface area contributed by atoms with Crippen LogP contribution in [0.1, 0.15) is 38.2 Å². The van der Waals surface area contributed by atoms with Crippen LogP contribution < -0.4 is 0 Å². The van der Waals surface area contributed by atoms with Crippen molar-refractivity contribution in [3.05, 3.63) is 35.4 Å². The SMILES string of the molecule is CC(C)C(=O)N1C[C@H](c2cc(F)cc(F)c2)[C@H]2[C@@H]1C1CCN2CC1. The van der Waals surface area contributed by atoms with Crippen molar-refractivity contribution >= 4 is 5.91 Å². The first kappa shape index (κ1) is 16.0. The highest BCUT2D eigenvalue weighted by molar-refractivity contribution is 5.79. The molecule has 0 aromatic heterocycles. The van der Waals surface area contributed by atoms with Crippen molar-refractivity contribution < 1.29 is 13.6 Å². The Labute approximate surface area is 141 Å². The predicted molar refractivity (Wildman–Crippen MR) is 87.5 cm³/mol. The van der Waals surface area contributed by atoms with Gasteiger partial charge in [-0.05, 0) is 49.5 Å². The highest BCUT2D eigenvalue weighted by atomic mass is 19.1. The van der Waals surface area contributed by atoms with E-state index in [-0.39, 0.29) is 29.8 Å². The first-order valence-corrected chi connectivity index (χ1v) is 8.96. The smallest absolute Gasteiger partial charge is 0.225 e. The molecule has 2 bridgehead atoms. The third-order valence-corrected chi connectivity index (χ3v) is 6.08. The van der Waals surface area contributed by atoms with Crippen molar-refractivity contribution in [3.63, 3.8) is 0 Å². The maximum Gasteiger partial charge on any atom is 0.225 e. The summed E-state index contributed by atoms with van der Waals surface area (Å²) < 4.78 is 27.5. The second-order valence-electron chi connectivity index (χ2n) is 7.81. The minimum atomic E-state index is -0.536. The molecule has 4 saturated heterocycles. The van der Waals surface area contributed by atoms with Crippen molar-refractivity contribution in [2.24, 2.45) is 11.8 Å². The molecular weight excluding hydrogens is 310 g/mol. The molecule has 4 aliphatic heterocycles. The molecule has 3 atom stereocenters. The Balaban J connectivity index is 1.73. The van der Waals surface area contributed by atoms with Gasteiger partial charge in [0.2, 0.25) is 5.91 Å². The lowest BCUT2D eigenvalue weighted by Gasteiger charge is -2.51. The Bertz CT molecular complexity index is 635. The molecule has 0 spiro atoms. The number of amides is 1. The van der Waals surface area contributed by atoms with Crippen molar-refractivity contribution in [1.29, 1.82) is 0 Å². The number of nitrogens with zero attached hydrogens (tertiary/aromatic N) is 2. The van der Waals surface area contributed by atoms with Crippen LogP contribution in [0.4, 0.5) is 8.78 Å². The fourth-order valence-corrected chi connectivity index (χ4v) is 5.09. The van der Waals surface area contributed by atoms with Crippen LogP contribution in [0.25, 0.3) is 0 Å². The highest BCUT2D eigenvalue weighted by Crippen LogP contribution is 2.47. The maximum absolute atomic E-state index is 13.7. The minimum Gasteiger partial charge on any atom is -0.337 e. The number of benzene rings is 1. The first-order chi connectivity index (χ1) is 11.5. The van der Waals surface area contributed by atoms with Crippen LogP contribution in [0.15, 0.2) is 18.2 Å². The topological polar surface area (TPSA) is 23.6 Å². The first-order valence-electron chi connectivity index (χ1n) is 8.96. The van der Waals surface area contributed by atoms with Crippen LogP contribution in [0.3, 0.4) is 0 Å². The molecule has 0 unspecified atom stereocenters. The van der Waals surface area contributed by atoms with Crippen LogP contribution in [0.5, 0.6) is 0 Å². The third-order valence-electron chi connectivity index (χ3n) is 6.08. The summed E-state index contributed by atoms with van der Waals surface area (Å²) in [4.78, 5) is 17.2. The van der Waals surface area contributed by atoms with Gasteiger partial charge in [-0.1, -0.05) is 13.8 Å². The lowest BCUT2D eigenvalue weighted by molar-refractivity contribution is -0.139. The average molecular weight is 334 g/mol. The van der Waals surface area contributed by atoms with E-state index in [1.165, 1.54) is 12.1 Å². The summed E-state index contributed by atoms with van der Waals surface area (Å²) in [5.41, 5.74) is 0.689. The number of hydrogen-bond acceptors (Lipinski definition) is 2. The zero-order valence-electron chi connectivity index (χ0n) is 14.2. The number of hydrogen-bond donors (Lipinski definition) is 0. The van der Waals surface area contributed by atoms with Crippen LogP contribution in [0, 0.1) is 23.5 Å². The summed E-state index contributed by atoms with van der Waals surface area (Å²) in [6.07, 6.45) is 2.24. The number of carbonyl (C=O) groups excluding carboxylic acids is 1. The predicted octanol–water partition coefficient (Wildman–Crippen LogP) is 3.01. The van der Waals surface area contributed by atoms with Crippen LogP contribution in [-0.2, 0) is 4.79 Å². The van der Waals surface area contributed by atoms with E-state index in [2.05, 4.69) is 4.90 Å². The average Bonchev–Trinajstić information content (AvgIpc) is 2.97. The van der Waals surface area contributed by atoms with E-state index in [0.717, 1.165) is 32.0 Å². The van der Waals surface area contributed by atoms with E-state index in [4.69, 9.17) is 0 Å². The van der Waals surface area contributed by atoms with Crippen molar-refractivity contribution in [2.75, 3.05) is 19.6 Å². The Morgan fingerprint density at radius 1 is 1.08 bits per heavy atom. The fourth-order valence-electron chi connectivity index (χ4n) is 5.09. The molecular formula is C19H24F2N2O. The van der Waals surface area contributed by atoms with Gasteiger partial charge in [0.15, 0.2) is 0 Å². The van der Waals surface area contributed by atoms with Gasteiger partial charge >= 0.3 is 0 Å². The lowest BCUT2D eigenvalue weighted by Crippen LogP contribution is -2.61. The van der Waals surface area contributed by atoms with E-state index in [0.29, 0.717) is 18.0 Å². The van der Waals surface area contributed by atoms with Gasteiger partial charge in [0.25, 0.3) is 0 Å². The van der Waals surface area contributed by atoms with Gasteiger partial charge in [0.05, 0.1) is 6.04 Å². The van der Waals surface area contributed by atoms with Gasteiger partial charge in [-0.2, -0.15) is 0 Å². The summed E-state index contributed by atoms with van der Waals surface area (Å²) in [6.45, 7) is 6.48. The summed E-state index contributed by atoms with van der Waals surface area (Å²) >= 11 is 0. The molecule has 0 aliphatic carbocycles. The minimum absolute atomic E-state index is 0.00833. The van der Waals surface area contributed by atoms with E-state index in [1.54, 1.807) is 0 Å². The number of piperidine rings is 3. The number of likely N-dealkylation sites (tertiary alicyclic amines) is 1. The van der Waals surface area contributed by atoms with Crippen molar-refractivity contribution in [3.8, 4) is 0 Å². The normalized spacial score (nSPS) is 34.7. The number of rotatable bonds is 2.